The Kier molecular flexibility index (Phi) is 6.23. The first-order chi connectivity index (χ1) is 18.4. The lowest BCUT2D eigenvalue weighted by molar-refractivity contribution is -0.137. The van der Waals surface area contributed by atoms with Crippen LogP contribution in [0.1, 0.15) is 57.9 Å². The number of benzene rings is 1. The maximum absolute atomic E-state index is 13.5. The van der Waals surface area contributed by atoms with E-state index in [0.717, 1.165) is 37.0 Å². The molecule has 1 aliphatic carbocycles. The van der Waals surface area contributed by atoms with E-state index in [0.29, 0.717) is 35.4 Å². The van der Waals surface area contributed by atoms with Crippen LogP contribution >= 0.6 is 11.3 Å². The minimum atomic E-state index is -3.88. The molecule has 1 saturated carbocycles. The normalized spacial score (nSPS) is 22.5. The molecule has 3 fully saturated rings. The number of rotatable bonds is 7. The maximum Gasteiger partial charge on any atom is 0.291 e. The fourth-order valence-corrected chi connectivity index (χ4v) is 7.98. The topological polar surface area (TPSA) is 113 Å². The lowest BCUT2D eigenvalue weighted by atomic mass is 10.1. The van der Waals surface area contributed by atoms with Gasteiger partial charge in [-0.15, -0.1) is 10.2 Å². The van der Waals surface area contributed by atoms with Gasteiger partial charge in [0, 0.05) is 49.1 Å². The van der Waals surface area contributed by atoms with Gasteiger partial charge in [-0.05, 0) is 44.7 Å². The number of fused-ring (bicyclic) bond motifs is 3. The lowest BCUT2D eigenvalue weighted by Gasteiger charge is -2.43. The average Bonchev–Trinajstić information content (AvgIpc) is 3.19. The van der Waals surface area contributed by atoms with Crippen LogP contribution in [-0.4, -0.2) is 69.9 Å². The molecule has 2 unspecified atom stereocenters. The van der Waals surface area contributed by atoms with Crippen LogP contribution in [0.5, 0.6) is 0 Å². The molecular formula is C25H31F2N7O3S2. The second-order valence-electron chi connectivity index (χ2n) is 11.4. The predicted molar refractivity (Wildman–Crippen MR) is 143 cm³/mol. The highest BCUT2D eigenvalue weighted by atomic mass is 32.2. The molecule has 1 N–H and O–H groups in total. The van der Waals surface area contributed by atoms with Crippen molar-refractivity contribution >= 4 is 43.9 Å². The van der Waals surface area contributed by atoms with Gasteiger partial charge in [0.05, 0.1) is 16.1 Å². The molecule has 6 rings (SSSR count). The number of alkyl halides is 2. The quantitative estimate of drug-likeness (QED) is 0.454. The summed E-state index contributed by atoms with van der Waals surface area (Å²) >= 11 is 0.743. The van der Waals surface area contributed by atoms with Gasteiger partial charge >= 0.3 is 0 Å². The Balaban J connectivity index is 1.48. The zero-order chi connectivity index (χ0) is 27.9. The van der Waals surface area contributed by atoms with Crippen molar-refractivity contribution < 1.29 is 22.0 Å². The molecule has 39 heavy (non-hydrogen) atoms. The van der Waals surface area contributed by atoms with E-state index in [2.05, 4.69) is 24.9 Å². The lowest BCUT2D eigenvalue weighted by Crippen LogP contribution is -2.57. The Morgan fingerprint density at radius 3 is 2.38 bits per heavy atom. The second-order valence-corrected chi connectivity index (χ2v) is 14.1. The van der Waals surface area contributed by atoms with E-state index in [1.165, 1.54) is 0 Å². The zero-order valence-corrected chi connectivity index (χ0v) is 23.8. The molecular weight excluding hydrogens is 548 g/mol. The molecule has 10 nitrogen and oxygen atoms in total. The fourth-order valence-electron chi connectivity index (χ4n) is 5.77. The maximum atomic E-state index is 13.5. The summed E-state index contributed by atoms with van der Waals surface area (Å²) in [6.07, 6.45) is 0.532. The molecule has 2 aliphatic heterocycles. The number of anilines is 1. The van der Waals surface area contributed by atoms with E-state index in [4.69, 9.17) is 0 Å². The van der Waals surface area contributed by atoms with Crippen LogP contribution in [0.4, 0.5) is 14.5 Å². The molecule has 2 bridgehead atoms. The van der Waals surface area contributed by atoms with Crippen LogP contribution in [0.25, 0.3) is 21.6 Å². The van der Waals surface area contributed by atoms with Gasteiger partial charge in [0.2, 0.25) is 15.9 Å². The molecule has 3 aliphatic rings. The van der Waals surface area contributed by atoms with Crippen LogP contribution in [-0.2, 0) is 21.9 Å². The van der Waals surface area contributed by atoms with E-state index < -0.39 is 27.0 Å². The van der Waals surface area contributed by atoms with Gasteiger partial charge in [0.15, 0.2) is 10.0 Å². The fraction of sp³-hybridized carbons (Fsp3) is 0.600. The summed E-state index contributed by atoms with van der Waals surface area (Å²) in [7, 11) is -2.14. The van der Waals surface area contributed by atoms with Gasteiger partial charge < -0.3 is 9.80 Å². The molecule has 14 heteroatoms. The van der Waals surface area contributed by atoms with Crippen LogP contribution < -0.4 is 9.62 Å². The van der Waals surface area contributed by atoms with Crippen molar-refractivity contribution in [2.75, 3.05) is 18.0 Å². The van der Waals surface area contributed by atoms with Crippen LogP contribution in [0.2, 0.25) is 0 Å². The molecule has 4 heterocycles. The molecule has 3 aromatic rings. The average molecular weight is 580 g/mol. The minimum Gasteiger partial charge on any atom is -0.366 e. The first kappa shape index (κ1) is 26.5. The van der Waals surface area contributed by atoms with Crippen LogP contribution in [0, 0.1) is 5.92 Å². The highest BCUT2D eigenvalue weighted by Crippen LogP contribution is 2.42. The van der Waals surface area contributed by atoms with E-state index in [-0.39, 0.29) is 33.8 Å². The van der Waals surface area contributed by atoms with E-state index >= 15 is 0 Å². The molecule has 0 radical (unpaired) electrons. The number of sulfonamides is 1. The number of piperazine rings is 1. The largest absolute Gasteiger partial charge is 0.366 e. The third-order valence-corrected chi connectivity index (χ3v) is 10.5. The predicted octanol–water partition coefficient (Wildman–Crippen LogP) is 3.70. The number of nitrogens with zero attached hydrogens (tertiary/aromatic N) is 6. The first-order valence-corrected chi connectivity index (χ1v) is 15.4. The van der Waals surface area contributed by atoms with Gasteiger partial charge in [-0.25, -0.2) is 21.9 Å². The SMILES string of the molecule is CC(C)C(=O)N1C2CCC1CN(c1cc(S(=O)(=O)NC3(C)CC3)cc3c(-c4nnc(C(F)F)s4)nn(C)c13)C2. The van der Waals surface area contributed by atoms with E-state index in [1.54, 1.807) is 23.9 Å². The molecule has 210 valence electrons. The van der Waals surface area contributed by atoms with E-state index in [9.17, 15) is 22.0 Å². The van der Waals surface area contributed by atoms with Gasteiger partial charge in [-0.2, -0.15) is 5.10 Å². The van der Waals surface area contributed by atoms with Crippen molar-refractivity contribution in [2.24, 2.45) is 13.0 Å². The Morgan fingerprint density at radius 2 is 1.82 bits per heavy atom. The summed E-state index contributed by atoms with van der Waals surface area (Å²) in [5.41, 5.74) is 1.20. The number of hydrogen-bond acceptors (Lipinski definition) is 8. The molecule has 2 atom stereocenters. The summed E-state index contributed by atoms with van der Waals surface area (Å²) < 4.78 is 58.1. The molecule has 1 aromatic carbocycles. The first-order valence-electron chi connectivity index (χ1n) is 13.1. The molecule has 0 spiro atoms. The highest BCUT2D eigenvalue weighted by Gasteiger charge is 2.44. The second kappa shape index (κ2) is 9.16. The summed E-state index contributed by atoms with van der Waals surface area (Å²) in [6.45, 7) is 6.81. The molecule has 2 aromatic heterocycles. The monoisotopic (exact) mass is 579 g/mol. The Hall–Kier alpha value is -2.71. The molecule has 1 amide bonds. The van der Waals surface area contributed by atoms with Gasteiger partial charge in [-0.3, -0.25) is 9.48 Å². The number of carbonyl (C=O) groups is 1. The summed E-state index contributed by atoms with van der Waals surface area (Å²) in [5, 5.41) is 12.4. The summed E-state index contributed by atoms with van der Waals surface area (Å²) in [6, 6.07) is 3.28. The van der Waals surface area contributed by atoms with E-state index in [1.807, 2.05) is 25.7 Å². The van der Waals surface area contributed by atoms with Crippen molar-refractivity contribution in [2.45, 2.75) is 75.4 Å². The van der Waals surface area contributed by atoms with Crippen LogP contribution in [0.15, 0.2) is 17.0 Å². The number of aromatic nitrogens is 4. The number of hydrogen-bond donors (Lipinski definition) is 1. The van der Waals surface area contributed by atoms with Crippen molar-refractivity contribution in [3.05, 3.63) is 17.1 Å². The third kappa shape index (κ3) is 4.59. The summed E-state index contributed by atoms with van der Waals surface area (Å²) in [5.74, 6) is 0.0405. The standard InChI is InChI=1S/C25H31F2N7O3S2/c1-13(2)24(35)34-14-5-6-15(34)12-33(11-14)18-10-16(39(36,37)31-25(3)7-8-25)9-17-19(30-32(4)20(17)18)22-28-29-23(38-22)21(26)27/h9-10,13-15,21,31H,5-8,11-12H2,1-4H3. The summed E-state index contributed by atoms with van der Waals surface area (Å²) in [4.78, 5) is 17.2. The van der Waals surface area contributed by atoms with Gasteiger partial charge in [0.1, 0.15) is 5.69 Å². The Morgan fingerprint density at radius 1 is 1.15 bits per heavy atom. The van der Waals surface area contributed by atoms with Crippen molar-refractivity contribution in [1.82, 2.24) is 29.6 Å². The Labute approximate surface area is 229 Å². The van der Waals surface area contributed by atoms with Gasteiger partial charge in [-0.1, -0.05) is 25.2 Å². The van der Waals surface area contributed by atoms with Crippen LogP contribution in [0.3, 0.4) is 0 Å². The minimum absolute atomic E-state index is 0.0296. The number of nitrogens with one attached hydrogen (secondary N) is 1. The van der Waals surface area contributed by atoms with Gasteiger partial charge in [0.25, 0.3) is 6.43 Å². The van der Waals surface area contributed by atoms with Crippen molar-refractivity contribution in [1.29, 1.82) is 0 Å². The number of aryl methyl sites for hydroxylation is 1. The third-order valence-electron chi connectivity index (χ3n) is 7.98. The number of carbonyl (C=O) groups excluding carboxylic acids is 1. The van der Waals surface area contributed by atoms with Crippen molar-refractivity contribution in [3.8, 4) is 10.7 Å². The number of halogens is 2. The smallest absolute Gasteiger partial charge is 0.291 e. The molecule has 2 saturated heterocycles. The van der Waals surface area contributed by atoms with Crippen molar-refractivity contribution in [3.63, 3.8) is 0 Å². The zero-order valence-electron chi connectivity index (χ0n) is 22.2. The number of amides is 1. The Bertz CT molecular complexity index is 1550. The highest BCUT2D eigenvalue weighted by molar-refractivity contribution is 7.89.